The molecule has 0 radical (unpaired) electrons. The molecule has 1 N–H and O–H groups in total. The van der Waals surface area contributed by atoms with Crippen molar-refractivity contribution in [1.82, 2.24) is 10.2 Å². The number of halogens is 2. The van der Waals surface area contributed by atoms with Gasteiger partial charge in [0, 0.05) is 29.1 Å². The summed E-state index contributed by atoms with van der Waals surface area (Å²) in [4.78, 5) is 29.4. The van der Waals surface area contributed by atoms with Gasteiger partial charge in [-0.3, -0.25) is 9.59 Å². The predicted molar refractivity (Wildman–Crippen MR) is 151 cm³/mol. The van der Waals surface area contributed by atoms with Crippen LogP contribution >= 0.6 is 23.2 Å². The number of nitrogens with zero attached hydrogens (tertiary/aromatic N) is 1. The van der Waals surface area contributed by atoms with E-state index in [1.54, 1.807) is 17.0 Å². The van der Waals surface area contributed by atoms with Gasteiger partial charge in [0.05, 0.1) is 6.42 Å². The van der Waals surface area contributed by atoms with E-state index in [4.69, 9.17) is 23.2 Å². The second-order valence-electron chi connectivity index (χ2n) is 10.0. The van der Waals surface area contributed by atoms with Gasteiger partial charge >= 0.3 is 0 Å². The highest BCUT2D eigenvalue weighted by molar-refractivity contribution is 6.35. The minimum absolute atomic E-state index is 0.114. The predicted octanol–water partition coefficient (Wildman–Crippen LogP) is 6.85. The summed E-state index contributed by atoms with van der Waals surface area (Å²) in [5.74, 6) is -0.231. The van der Waals surface area contributed by atoms with Gasteiger partial charge in [0.15, 0.2) is 0 Å². The number of rotatable bonds is 9. The smallest absolute Gasteiger partial charge is 0.243 e. The fourth-order valence-electron chi connectivity index (χ4n) is 4.94. The van der Waals surface area contributed by atoms with Gasteiger partial charge in [0.1, 0.15) is 6.04 Å². The number of carbonyl (C=O) groups excluding carboxylic acids is 2. The molecule has 1 fully saturated rings. The van der Waals surface area contributed by atoms with Crippen molar-refractivity contribution >= 4 is 35.0 Å². The first-order valence-electron chi connectivity index (χ1n) is 12.9. The molecule has 2 amide bonds. The molecule has 1 unspecified atom stereocenters. The van der Waals surface area contributed by atoms with Crippen LogP contribution in [-0.2, 0) is 29.0 Å². The zero-order chi connectivity index (χ0) is 26.4. The van der Waals surface area contributed by atoms with Crippen molar-refractivity contribution in [3.05, 3.63) is 105 Å². The van der Waals surface area contributed by atoms with Crippen molar-refractivity contribution in [2.75, 3.05) is 0 Å². The molecule has 0 spiro atoms. The molecule has 194 valence electrons. The average Bonchev–Trinajstić information content (AvgIpc) is 3.38. The van der Waals surface area contributed by atoms with Crippen molar-refractivity contribution in [3.63, 3.8) is 0 Å². The van der Waals surface area contributed by atoms with Gasteiger partial charge in [0.2, 0.25) is 11.8 Å². The SMILES string of the molecule is Cc1ccc(CC(=O)N(Cc2ccc(Cl)cc2Cl)C(Cc2ccccc2)C(=O)NC2CCCC2)cc1C. The Labute approximate surface area is 230 Å². The van der Waals surface area contributed by atoms with Crippen LogP contribution in [0.1, 0.15) is 53.5 Å². The quantitative estimate of drug-likeness (QED) is 0.325. The summed E-state index contributed by atoms with van der Waals surface area (Å²) in [6, 6.07) is 20.7. The van der Waals surface area contributed by atoms with Crippen LogP contribution in [0.4, 0.5) is 0 Å². The van der Waals surface area contributed by atoms with Crippen molar-refractivity contribution in [2.24, 2.45) is 0 Å². The molecule has 0 saturated heterocycles. The Morgan fingerprint density at radius 3 is 2.32 bits per heavy atom. The van der Waals surface area contributed by atoms with Crippen molar-refractivity contribution < 1.29 is 9.59 Å². The summed E-state index contributed by atoms with van der Waals surface area (Å²) in [6.45, 7) is 4.32. The monoisotopic (exact) mass is 536 g/mol. The maximum absolute atomic E-state index is 13.9. The molecular formula is C31H34Cl2N2O2. The topological polar surface area (TPSA) is 49.4 Å². The first-order chi connectivity index (χ1) is 17.8. The van der Waals surface area contributed by atoms with Crippen molar-refractivity contribution in [2.45, 2.75) is 71.0 Å². The number of nitrogens with one attached hydrogen (secondary N) is 1. The van der Waals surface area contributed by atoms with Gasteiger partial charge in [-0.05, 0) is 66.6 Å². The van der Waals surface area contributed by atoms with Crippen LogP contribution in [0.15, 0.2) is 66.7 Å². The lowest BCUT2D eigenvalue weighted by molar-refractivity contribution is -0.141. The largest absolute Gasteiger partial charge is 0.352 e. The first-order valence-corrected chi connectivity index (χ1v) is 13.7. The number of benzene rings is 3. The standard InChI is InChI=1S/C31H34Cl2N2O2/c1-21-12-13-24(16-22(21)2)18-30(36)35(20-25-14-15-26(32)19-28(25)33)29(17-23-8-4-3-5-9-23)31(37)34-27-10-6-7-11-27/h3-5,8-9,12-16,19,27,29H,6-7,10-11,17-18,20H2,1-2H3,(H,34,37). The molecule has 4 rings (SSSR count). The Balaban J connectivity index is 1.69. The maximum Gasteiger partial charge on any atom is 0.243 e. The molecule has 0 aromatic heterocycles. The zero-order valence-corrected chi connectivity index (χ0v) is 23.0. The minimum atomic E-state index is -0.672. The Kier molecular flexibility index (Phi) is 9.28. The Morgan fingerprint density at radius 1 is 0.919 bits per heavy atom. The fraction of sp³-hybridized carbons (Fsp3) is 0.355. The van der Waals surface area contributed by atoms with Gasteiger partial charge in [-0.25, -0.2) is 0 Å². The van der Waals surface area contributed by atoms with Crippen LogP contribution in [0.5, 0.6) is 0 Å². The van der Waals surface area contributed by atoms with Gasteiger partial charge in [-0.1, -0.05) is 90.6 Å². The first kappa shape index (κ1) is 27.2. The van der Waals surface area contributed by atoms with E-state index in [1.165, 1.54) is 5.56 Å². The molecule has 6 heteroatoms. The molecule has 1 aliphatic rings. The van der Waals surface area contributed by atoms with E-state index < -0.39 is 6.04 Å². The normalized spacial score (nSPS) is 14.4. The number of carbonyl (C=O) groups is 2. The van der Waals surface area contributed by atoms with Crippen LogP contribution in [0.25, 0.3) is 0 Å². The second kappa shape index (κ2) is 12.6. The average molecular weight is 538 g/mol. The van der Waals surface area contributed by atoms with E-state index in [2.05, 4.69) is 12.2 Å². The third kappa shape index (κ3) is 7.37. The molecule has 0 aliphatic heterocycles. The highest BCUT2D eigenvalue weighted by Gasteiger charge is 2.32. The number of hydrogen-bond donors (Lipinski definition) is 1. The number of hydrogen-bond acceptors (Lipinski definition) is 2. The third-order valence-electron chi connectivity index (χ3n) is 7.26. The summed E-state index contributed by atoms with van der Waals surface area (Å²) < 4.78 is 0. The molecule has 1 atom stereocenters. The molecule has 0 heterocycles. The molecule has 1 aliphatic carbocycles. The molecule has 0 bridgehead atoms. The van der Waals surface area contributed by atoms with Crippen LogP contribution in [0.2, 0.25) is 10.0 Å². The highest BCUT2D eigenvalue weighted by atomic mass is 35.5. The summed E-state index contributed by atoms with van der Waals surface area (Å²) in [6.07, 6.45) is 4.80. The van der Waals surface area contributed by atoms with E-state index in [1.807, 2.05) is 61.5 Å². The van der Waals surface area contributed by atoms with E-state index in [-0.39, 0.29) is 30.8 Å². The van der Waals surface area contributed by atoms with Crippen LogP contribution < -0.4 is 5.32 Å². The van der Waals surface area contributed by atoms with Gasteiger partial charge in [0.25, 0.3) is 0 Å². The fourth-order valence-corrected chi connectivity index (χ4v) is 5.41. The number of aryl methyl sites for hydroxylation is 2. The number of amides is 2. The lowest BCUT2D eigenvalue weighted by Gasteiger charge is -2.33. The van der Waals surface area contributed by atoms with Crippen molar-refractivity contribution in [1.29, 1.82) is 0 Å². The van der Waals surface area contributed by atoms with Crippen molar-refractivity contribution in [3.8, 4) is 0 Å². The molecule has 37 heavy (non-hydrogen) atoms. The molecule has 3 aromatic rings. The Bertz CT molecular complexity index is 1240. The lowest BCUT2D eigenvalue weighted by atomic mass is 10.00. The minimum Gasteiger partial charge on any atom is -0.352 e. The summed E-state index contributed by atoms with van der Waals surface area (Å²) in [7, 11) is 0. The Hall–Kier alpha value is -2.82. The highest BCUT2D eigenvalue weighted by Crippen LogP contribution is 2.25. The van der Waals surface area contributed by atoms with Gasteiger partial charge in [-0.15, -0.1) is 0 Å². The molecule has 4 nitrogen and oxygen atoms in total. The Morgan fingerprint density at radius 2 is 1.65 bits per heavy atom. The lowest BCUT2D eigenvalue weighted by Crippen LogP contribution is -2.52. The summed E-state index contributed by atoms with van der Waals surface area (Å²) in [5, 5.41) is 4.24. The van der Waals surface area contributed by atoms with Crippen LogP contribution in [0, 0.1) is 13.8 Å². The molecular weight excluding hydrogens is 503 g/mol. The van der Waals surface area contributed by atoms with Crippen LogP contribution in [-0.4, -0.2) is 28.8 Å². The molecule has 3 aromatic carbocycles. The third-order valence-corrected chi connectivity index (χ3v) is 7.84. The summed E-state index contributed by atoms with van der Waals surface area (Å²) >= 11 is 12.7. The second-order valence-corrected chi connectivity index (χ2v) is 10.9. The molecule has 1 saturated carbocycles. The van der Waals surface area contributed by atoms with E-state index in [0.29, 0.717) is 16.5 Å². The zero-order valence-electron chi connectivity index (χ0n) is 21.5. The maximum atomic E-state index is 13.9. The summed E-state index contributed by atoms with van der Waals surface area (Å²) in [5.41, 5.74) is 5.00. The van der Waals surface area contributed by atoms with Crippen LogP contribution in [0.3, 0.4) is 0 Å². The van der Waals surface area contributed by atoms with Gasteiger partial charge in [-0.2, -0.15) is 0 Å². The van der Waals surface area contributed by atoms with E-state index >= 15 is 0 Å². The van der Waals surface area contributed by atoms with E-state index in [0.717, 1.165) is 47.9 Å². The van der Waals surface area contributed by atoms with E-state index in [9.17, 15) is 9.59 Å². The van der Waals surface area contributed by atoms with Gasteiger partial charge < -0.3 is 10.2 Å².